The molecule has 1 N–H and O–H groups in total. The third-order valence-electron chi connectivity index (χ3n) is 6.96. The van der Waals surface area contributed by atoms with Crippen molar-refractivity contribution in [2.45, 2.75) is 25.0 Å². The van der Waals surface area contributed by atoms with Gasteiger partial charge < -0.3 is 15.1 Å². The van der Waals surface area contributed by atoms with Crippen molar-refractivity contribution >= 4 is 11.9 Å². The molecular formula is C29H32N4O2. The lowest BCUT2D eigenvalue weighted by atomic mass is 9.96. The van der Waals surface area contributed by atoms with E-state index in [9.17, 15) is 9.59 Å². The number of hydrogen-bond donors (Lipinski definition) is 1. The summed E-state index contributed by atoms with van der Waals surface area (Å²) in [4.78, 5) is 31.7. The van der Waals surface area contributed by atoms with Gasteiger partial charge in [-0.3, -0.25) is 9.69 Å². The van der Waals surface area contributed by atoms with Gasteiger partial charge in [0.15, 0.2) is 0 Å². The fraction of sp³-hybridized carbons (Fsp3) is 0.310. The molecule has 0 spiro atoms. The highest BCUT2D eigenvalue weighted by Gasteiger charge is 2.33. The molecule has 2 fully saturated rings. The number of carbonyl (C=O) groups is 2. The van der Waals surface area contributed by atoms with Crippen molar-refractivity contribution in [3.63, 3.8) is 0 Å². The number of rotatable bonds is 6. The Balaban J connectivity index is 1.17. The van der Waals surface area contributed by atoms with E-state index in [-0.39, 0.29) is 24.0 Å². The fourth-order valence-corrected chi connectivity index (χ4v) is 5.16. The molecule has 0 saturated carbocycles. The third-order valence-corrected chi connectivity index (χ3v) is 6.96. The zero-order chi connectivity index (χ0) is 24.0. The molecule has 0 aromatic heterocycles. The van der Waals surface area contributed by atoms with Gasteiger partial charge >= 0.3 is 6.03 Å². The molecule has 6 nitrogen and oxygen atoms in total. The van der Waals surface area contributed by atoms with E-state index in [2.05, 4.69) is 58.7 Å². The van der Waals surface area contributed by atoms with Crippen LogP contribution in [0, 0.1) is 0 Å². The van der Waals surface area contributed by atoms with Crippen molar-refractivity contribution in [2.75, 3.05) is 32.7 Å². The first-order valence-electron chi connectivity index (χ1n) is 12.4. The SMILES string of the molecule is O=C1CC(NC(=O)N2CCN(C(c3ccccc3)c3ccccc3)CC2)CN1Cc1ccccc1. The summed E-state index contributed by atoms with van der Waals surface area (Å²) in [6.07, 6.45) is 0.364. The second kappa shape index (κ2) is 10.7. The first kappa shape index (κ1) is 23.1. The minimum atomic E-state index is -0.141. The Kier molecular flexibility index (Phi) is 7.09. The highest BCUT2D eigenvalue weighted by atomic mass is 16.2. The van der Waals surface area contributed by atoms with E-state index >= 15 is 0 Å². The molecule has 3 amide bonds. The van der Waals surface area contributed by atoms with Crippen LogP contribution in [-0.4, -0.2) is 65.4 Å². The fourth-order valence-electron chi connectivity index (χ4n) is 5.16. The van der Waals surface area contributed by atoms with Crippen molar-refractivity contribution < 1.29 is 9.59 Å². The molecule has 6 heteroatoms. The average Bonchev–Trinajstić information content (AvgIpc) is 3.24. The lowest BCUT2D eigenvalue weighted by Crippen LogP contribution is -2.54. The quantitative estimate of drug-likeness (QED) is 0.597. The number of piperazine rings is 1. The van der Waals surface area contributed by atoms with E-state index in [0.717, 1.165) is 18.7 Å². The molecule has 3 aromatic carbocycles. The summed E-state index contributed by atoms with van der Waals surface area (Å²) < 4.78 is 0. The molecule has 2 heterocycles. The van der Waals surface area contributed by atoms with Crippen molar-refractivity contribution in [1.82, 2.24) is 20.0 Å². The van der Waals surface area contributed by atoms with Crippen molar-refractivity contribution in [2.24, 2.45) is 0 Å². The number of nitrogens with one attached hydrogen (secondary N) is 1. The van der Waals surface area contributed by atoms with Crippen molar-refractivity contribution in [3.05, 3.63) is 108 Å². The smallest absolute Gasteiger partial charge is 0.317 e. The molecule has 3 aromatic rings. The van der Waals surface area contributed by atoms with Gasteiger partial charge in [0.1, 0.15) is 0 Å². The maximum Gasteiger partial charge on any atom is 0.317 e. The number of nitrogens with zero attached hydrogens (tertiary/aromatic N) is 3. The standard InChI is InChI=1S/C29H32N4O2/c34-27-20-26(22-33(27)21-23-10-4-1-5-11-23)30-29(35)32-18-16-31(17-19-32)28(24-12-6-2-7-13-24)25-14-8-3-9-15-25/h1-15,26,28H,16-22H2,(H,30,35). The lowest BCUT2D eigenvalue weighted by Gasteiger charge is -2.40. The molecule has 2 aliphatic rings. The molecule has 2 aliphatic heterocycles. The van der Waals surface area contributed by atoms with Crippen LogP contribution in [0.1, 0.15) is 29.2 Å². The van der Waals surface area contributed by atoms with Crippen molar-refractivity contribution in [1.29, 1.82) is 0 Å². The van der Waals surface area contributed by atoms with E-state index in [1.165, 1.54) is 11.1 Å². The van der Waals surface area contributed by atoms with Gasteiger partial charge in [-0.15, -0.1) is 0 Å². The molecule has 35 heavy (non-hydrogen) atoms. The molecule has 5 rings (SSSR count). The Labute approximate surface area is 207 Å². The number of benzene rings is 3. The van der Waals surface area contributed by atoms with Gasteiger partial charge in [0.2, 0.25) is 5.91 Å². The Morgan fingerprint density at radius 2 is 1.34 bits per heavy atom. The normalized spacial score (nSPS) is 18.8. The number of carbonyl (C=O) groups excluding carboxylic acids is 2. The predicted octanol–water partition coefficient (Wildman–Crippen LogP) is 3.90. The number of hydrogen-bond acceptors (Lipinski definition) is 3. The maximum absolute atomic E-state index is 13.0. The van der Waals surface area contributed by atoms with Gasteiger partial charge in [-0.25, -0.2) is 4.79 Å². The summed E-state index contributed by atoms with van der Waals surface area (Å²) in [6.45, 7) is 4.07. The zero-order valence-electron chi connectivity index (χ0n) is 19.9. The second-order valence-corrected chi connectivity index (χ2v) is 9.36. The van der Waals surface area contributed by atoms with Crippen LogP contribution in [0.25, 0.3) is 0 Å². The van der Waals surface area contributed by atoms with Gasteiger partial charge in [-0.1, -0.05) is 91.0 Å². The second-order valence-electron chi connectivity index (χ2n) is 9.36. The Morgan fingerprint density at radius 1 is 0.800 bits per heavy atom. The molecule has 0 aliphatic carbocycles. The highest BCUT2D eigenvalue weighted by Crippen LogP contribution is 2.29. The molecule has 180 valence electrons. The monoisotopic (exact) mass is 468 g/mol. The predicted molar refractivity (Wildman–Crippen MR) is 137 cm³/mol. The first-order chi connectivity index (χ1) is 17.2. The minimum Gasteiger partial charge on any atom is -0.336 e. The Bertz CT molecular complexity index is 1080. The number of urea groups is 1. The topological polar surface area (TPSA) is 55.9 Å². The third kappa shape index (κ3) is 5.54. The van der Waals surface area contributed by atoms with Gasteiger partial charge in [0, 0.05) is 45.7 Å². The summed E-state index contributed by atoms with van der Waals surface area (Å²) in [5, 5.41) is 3.11. The zero-order valence-corrected chi connectivity index (χ0v) is 19.9. The van der Waals surface area contributed by atoms with Crippen LogP contribution >= 0.6 is 0 Å². The van der Waals surface area contributed by atoms with Crippen LogP contribution in [0.3, 0.4) is 0 Å². The molecule has 0 bridgehead atoms. The summed E-state index contributed by atoms with van der Waals surface area (Å²) in [6, 6.07) is 31.1. The molecule has 0 radical (unpaired) electrons. The van der Waals surface area contributed by atoms with Gasteiger partial charge in [0.05, 0.1) is 12.1 Å². The highest BCUT2D eigenvalue weighted by molar-refractivity contribution is 5.81. The number of likely N-dealkylation sites (tertiary alicyclic amines) is 1. The van der Waals surface area contributed by atoms with Gasteiger partial charge in [0.25, 0.3) is 0 Å². The van der Waals surface area contributed by atoms with Crippen LogP contribution < -0.4 is 5.32 Å². The van der Waals surface area contributed by atoms with E-state index < -0.39 is 0 Å². The molecule has 1 atom stereocenters. The van der Waals surface area contributed by atoms with Crippen molar-refractivity contribution in [3.8, 4) is 0 Å². The van der Waals surface area contributed by atoms with Gasteiger partial charge in [-0.2, -0.15) is 0 Å². The Morgan fingerprint density at radius 3 is 1.91 bits per heavy atom. The van der Waals surface area contributed by atoms with Crippen LogP contribution in [0.5, 0.6) is 0 Å². The molecule has 2 saturated heterocycles. The first-order valence-corrected chi connectivity index (χ1v) is 12.4. The van der Waals surface area contributed by atoms with E-state index in [0.29, 0.717) is 32.6 Å². The average molecular weight is 469 g/mol. The molecular weight excluding hydrogens is 436 g/mol. The largest absolute Gasteiger partial charge is 0.336 e. The molecule has 1 unspecified atom stereocenters. The summed E-state index contributed by atoms with van der Waals surface area (Å²) >= 11 is 0. The summed E-state index contributed by atoms with van der Waals surface area (Å²) in [5.74, 6) is 0.0949. The van der Waals surface area contributed by atoms with E-state index in [1.807, 2.05) is 52.3 Å². The Hall–Kier alpha value is -3.64. The van der Waals surface area contributed by atoms with Crippen LogP contribution in [-0.2, 0) is 11.3 Å². The van der Waals surface area contributed by atoms with Crippen LogP contribution in [0.2, 0.25) is 0 Å². The van der Waals surface area contributed by atoms with E-state index in [4.69, 9.17) is 0 Å². The van der Waals surface area contributed by atoms with Crippen LogP contribution in [0.4, 0.5) is 4.79 Å². The lowest BCUT2D eigenvalue weighted by molar-refractivity contribution is -0.128. The minimum absolute atomic E-state index is 0.0695. The van der Waals surface area contributed by atoms with Gasteiger partial charge in [-0.05, 0) is 16.7 Å². The maximum atomic E-state index is 13.0. The van der Waals surface area contributed by atoms with Crippen LogP contribution in [0.15, 0.2) is 91.0 Å². The van der Waals surface area contributed by atoms with E-state index in [1.54, 1.807) is 0 Å². The summed E-state index contributed by atoms with van der Waals surface area (Å²) in [5.41, 5.74) is 3.63. The summed E-state index contributed by atoms with van der Waals surface area (Å²) in [7, 11) is 0. The number of amides is 3.